The van der Waals surface area contributed by atoms with Crippen molar-refractivity contribution < 1.29 is 19.1 Å². The summed E-state index contributed by atoms with van der Waals surface area (Å²) in [5.41, 5.74) is 3.42. The predicted molar refractivity (Wildman–Crippen MR) is 114 cm³/mol. The number of hydrogen-bond donors (Lipinski definition) is 1. The van der Waals surface area contributed by atoms with Crippen LogP contribution in [-0.4, -0.2) is 37.2 Å². The number of anilines is 2. The van der Waals surface area contributed by atoms with Crippen LogP contribution in [0.2, 0.25) is 0 Å². The van der Waals surface area contributed by atoms with Crippen molar-refractivity contribution in [2.75, 3.05) is 29.6 Å². The van der Waals surface area contributed by atoms with Gasteiger partial charge in [0, 0.05) is 29.2 Å². The van der Waals surface area contributed by atoms with Gasteiger partial charge in [-0.2, -0.15) is 0 Å². The normalized spacial score (nSPS) is 16.0. The third-order valence-corrected chi connectivity index (χ3v) is 5.56. The lowest BCUT2D eigenvalue weighted by Gasteiger charge is -2.17. The summed E-state index contributed by atoms with van der Waals surface area (Å²) in [6.07, 6.45) is 2.05. The third kappa shape index (κ3) is 5.17. The molecule has 1 aliphatic heterocycles. The first-order valence-corrected chi connectivity index (χ1v) is 10.6. The molecule has 0 radical (unpaired) electrons. The van der Waals surface area contributed by atoms with Crippen molar-refractivity contribution in [1.29, 1.82) is 0 Å². The number of ether oxygens (including phenoxy) is 1. The second-order valence-electron chi connectivity index (χ2n) is 7.08. The van der Waals surface area contributed by atoms with Gasteiger partial charge in [0.15, 0.2) is 6.61 Å². The maximum atomic E-state index is 12.4. The molecule has 3 rings (SSSR count). The number of carbonyl (C=O) groups is 3. The van der Waals surface area contributed by atoms with Crippen LogP contribution in [0.15, 0.2) is 47.4 Å². The number of hydrogen-bond acceptors (Lipinski definition) is 5. The largest absolute Gasteiger partial charge is 0.455 e. The van der Waals surface area contributed by atoms with Gasteiger partial charge in [-0.15, -0.1) is 11.8 Å². The maximum absolute atomic E-state index is 12.4. The van der Waals surface area contributed by atoms with Gasteiger partial charge in [-0.05, 0) is 55.5 Å². The molecule has 1 heterocycles. The summed E-state index contributed by atoms with van der Waals surface area (Å²) in [5.74, 6) is -1.63. The Balaban J connectivity index is 1.55. The Bertz CT molecular complexity index is 944. The average Bonchev–Trinajstić information content (AvgIpc) is 3.10. The second kappa shape index (κ2) is 9.13. The number of amides is 2. The van der Waals surface area contributed by atoms with E-state index in [0.717, 1.165) is 21.7 Å². The molecule has 2 aromatic carbocycles. The number of rotatable bonds is 6. The molecule has 0 bridgehead atoms. The fourth-order valence-corrected chi connectivity index (χ4v) is 3.66. The van der Waals surface area contributed by atoms with Crippen molar-refractivity contribution >= 4 is 40.9 Å². The van der Waals surface area contributed by atoms with Gasteiger partial charge in [0.2, 0.25) is 5.91 Å². The molecule has 7 heteroatoms. The van der Waals surface area contributed by atoms with E-state index < -0.39 is 17.8 Å². The van der Waals surface area contributed by atoms with Crippen LogP contribution >= 0.6 is 11.8 Å². The van der Waals surface area contributed by atoms with Crippen molar-refractivity contribution in [3.63, 3.8) is 0 Å². The van der Waals surface area contributed by atoms with Crippen molar-refractivity contribution in [2.24, 2.45) is 5.92 Å². The average molecular weight is 413 g/mol. The van der Waals surface area contributed by atoms with E-state index in [4.69, 9.17) is 4.74 Å². The summed E-state index contributed by atoms with van der Waals surface area (Å²) in [6.45, 7) is 3.71. The smallest absolute Gasteiger partial charge is 0.311 e. The molecule has 0 spiro atoms. The molecule has 0 unspecified atom stereocenters. The minimum atomic E-state index is -0.575. The molecule has 2 aromatic rings. The number of benzene rings is 2. The number of carbonyl (C=O) groups excluding carboxylic acids is 3. The molecule has 0 aliphatic carbocycles. The van der Waals surface area contributed by atoms with Gasteiger partial charge >= 0.3 is 5.97 Å². The molecule has 1 atom stereocenters. The molecular weight excluding hydrogens is 388 g/mol. The zero-order valence-electron chi connectivity index (χ0n) is 16.7. The van der Waals surface area contributed by atoms with Crippen molar-refractivity contribution in [3.05, 3.63) is 53.6 Å². The van der Waals surface area contributed by atoms with Gasteiger partial charge < -0.3 is 15.0 Å². The van der Waals surface area contributed by atoms with Crippen molar-refractivity contribution in [3.8, 4) is 0 Å². The minimum absolute atomic E-state index is 0.0843. The molecule has 1 N–H and O–H groups in total. The van der Waals surface area contributed by atoms with Crippen molar-refractivity contribution in [2.45, 2.75) is 25.2 Å². The molecular formula is C22H24N2O4S. The minimum Gasteiger partial charge on any atom is -0.455 e. The van der Waals surface area contributed by atoms with Crippen LogP contribution in [0, 0.1) is 19.8 Å². The van der Waals surface area contributed by atoms with E-state index in [9.17, 15) is 14.4 Å². The van der Waals surface area contributed by atoms with Crippen LogP contribution in [0.5, 0.6) is 0 Å². The Hall–Kier alpha value is -2.80. The van der Waals surface area contributed by atoms with Gasteiger partial charge in [-0.25, -0.2) is 0 Å². The lowest BCUT2D eigenvalue weighted by Crippen LogP contribution is -2.28. The van der Waals surface area contributed by atoms with Crippen molar-refractivity contribution in [1.82, 2.24) is 0 Å². The van der Waals surface area contributed by atoms with Gasteiger partial charge in [0.05, 0.1) is 5.92 Å². The van der Waals surface area contributed by atoms with Crippen LogP contribution in [0.25, 0.3) is 0 Å². The highest BCUT2D eigenvalue weighted by Gasteiger charge is 2.36. The molecule has 2 amide bonds. The zero-order valence-corrected chi connectivity index (χ0v) is 17.5. The number of nitrogens with zero attached hydrogens (tertiary/aromatic N) is 1. The Labute approximate surface area is 174 Å². The van der Waals surface area contributed by atoms with E-state index >= 15 is 0 Å². The predicted octanol–water partition coefficient (Wildman–Crippen LogP) is 3.56. The standard InChI is InChI=1S/C22H24N2O4S/c1-14-7-8-15(2)19(9-14)23-20(25)13-28-22(27)16-10-21(26)24(12-16)17-5-4-6-18(11-17)29-3/h4-9,11,16H,10,12-13H2,1-3H3,(H,23,25)/t16-/m0/s1. The van der Waals surface area contributed by atoms with Crippen LogP contribution < -0.4 is 10.2 Å². The highest BCUT2D eigenvalue weighted by molar-refractivity contribution is 7.98. The van der Waals surface area contributed by atoms with E-state index in [1.54, 1.807) is 16.7 Å². The Morgan fingerprint density at radius 3 is 2.76 bits per heavy atom. The van der Waals surface area contributed by atoms with E-state index in [-0.39, 0.29) is 25.5 Å². The molecule has 6 nitrogen and oxygen atoms in total. The lowest BCUT2D eigenvalue weighted by molar-refractivity contribution is -0.151. The Kier molecular flexibility index (Phi) is 6.59. The first-order valence-electron chi connectivity index (χ1n) is 9.35. The van der Waals surface area contributed by atoms with Gasteiger partial charge in [-0.1, -0.05) is 18.2 Å². The van der Waals surface area contributed by atoms with Gasteiger partial charge in [0.25, 0.3) is 5.91 Å². The molecule has 1 fully saturated rings. The number of aryl methyl sites for hydroxylation is 2. The quantitative estimate of drug-likeness (QED) is 0.580. The summed E-state index contributed by atoms with van der Waals surface area (Å²) in [7, 11) is 0. The molecule has 0 saturated carbocycles. The summed E-state index contributed by atoms with van der Waals surface area (Å²) in [6, 6.07) is 13.4. The summed E-state index contributed by atoms with van der Waals surface area (Å²) in [5, 5.41) is 2.76. The van der Waals surface area contributed by atoms with Crippen LogP contribution in [0.4, 0.5) is 11.4 Å². The number of thioether (sulfide) groups is 1. The monoisotopic (exact) mass is 412 g/mol. The first-order chi connectivity index (χ1) is 13.9. The lowest BCUT2D eigenvalue weighted by atomic mass is 10.1. The topological polar surface area (TPSA) is 75.7 Å². The molecule has 1 aliphatic rings. The number of esters is 1. The van der Waals surface area contributed by atoms with E-state index in [0.29, 0.717) is 5.69 Å². The summed E-state index contributed by atoms with van der Waals surface area (Å²) >= 11 is 1.59. The fourth-order valence-electron chi connectivity index (χ4n) is 3.20. The molecule has 1 saturated heterocycles. The highest BCUT2D eigenvalue weighted by atomic mass is 32.2. The van der Waals surface area contributed by atoms with E-state index in [1.165, 1.54) is 0 Å². The number of nitrogens with one attached hydrogen (secondary N) is 1. The third-order valence-electron chi connectivity index (χ3n) is 4.84. The Morgan fingerprint density at radius 2 is 2.00 bits per heavy atom. The fraction of sp³-hybridized carbons (Fsp3) is 0.318. The molecule has 29 heavy (non-hydrogen) atoms. The van der Waals surface area contributed by atoms with Crippen LogP contribution in [-0.2, 0) is 19.1 Å². The molecule has 0 aromatic heterocycles. The van der Waals surface area contributed by atoms with Gasteiger partial charge in [0.1, 0.15) is 0 Å². The Morgan fingerprint density at radius 1 is 1.21 bits per heavy atom. The molecule has 152 valence electrons. The SMILES string of the molecule is CSc1cccc(N2C[C@@H](C(=O)OCC(=O)Nc3cc(C)ccc3C)CC2=O)c1. The maximum Gasteiger partial charge on any atom is 0.311 e. The highest BCUT2D eigenvalue weighted by Crippen LogP contribution is 2.28. The summed E-state index contributed by atoms with van der Waals surface area (Å²) < 4.78 is 5.17. The van der Waals surface area contributed by atoms with E-state index in [1.807, 2.05) is 62.6 Å². The zero-order chi connectivity index (χ0) is 21.0. The second-order valence-corrected chi connectivity index (χ2v) is 7.96. The first kappa shape index (κ1) is 20.9. The van der Waals surface area contributed by atoms with Crippen LogP contribution in [0.1, 0.15) is 17.5 Å². The van der Waals surface area contributed by atoms with Gasteiger partial charge in [-0.3, -0.25) is 14.4 Å². The van der Waals surface area contributed by atoms with Crippen LogP contribution in [0.3, 0.4) is 0 Å². The van der Waals surface area contributed by atoms with E-state index in [2.05, 4.69) is 5.32 Å². The summed E-state index contributed by atoms with van der Waals surface area (Å²) in [4.78, 5) is 39.5.